The zero-order valence-electron chi connectivity index (χ0n) is 13.4. The Morgan fingerprint density at radius 3 is 2.22 bits per heavy atom. The molecule has 0 bridgehead atoms. The van der Waals surface area contributed by atoms with Crippen LogP contribution in [0.1, 0.15) is 5.76 Å². The molecule has 0 saturated carbocycles. The molecule has 142 valence electrons. The predicted octanol–water partition coefficient (Wildman–Crippen LogP) is 6.47. The molecule has 2 aromatic rings. The smallest absolute Gasteiger partial charge is 0.250 e. The fourth-order valence-corrected chi connectivity index (χ4v) is 2.74. The molecule has 1 aliphatic heterocycles. The van der Waals surface area contributed by atoms with Gasteiger partial charge in [-0.1, -0.05) is 99.9 Å². The summed E-state index contributed by atoms with van der Waals surface area (Å²) in [6.45, 7) is 0. The quantitative estimate of drug-likeness (QED) is 0.506. The van der Waals surface area contributed by atoms with Crippen molar-refractivity contribution < 1.29 is 4.42 Å². The van der Waals surface area contributed by atoms with E-state index in [0.717, 1.165) is 11.3 Å². The van der Waals surface area contributed by atoms with Gasteiger partial charge in [0.1, 0.15) is 17.3 Å². The van der Waals surface area contributed by atoms with Gasteiger partial charge in [0.05, 0.1) is 0 Å². The number of hydrogen-bond donors (Lipinski definition) is 1. The van der Waals surface area contributed by atoms with Gasteiger partial charge in [-0.2, -0.15) is 0 Å². The number of benzene rings is 1. The van der Waals surface area contributed by atoms with Crippen LogP contribution in [0.3, 0.4) is 0 Å². The summed E-state index contributed by atoms with van der Waals surface area (Å²) in [6, 6.07) is 13.5. The number of halogens is 6. The van der Waals surface area contributed by atoms with Crippen molar-refractivity contribution in [1.29, 1.82) is 0 Å². The zero-order valence-corrected chi connectivity index (χ0v) is 17.9. The van der Waals surface area contributed by atoms with E-state index in [1.807, 2.05) is 42.5 Å². The van der Waals surface area contributed by atoms with Crippen molar-refractivity contribution in [2.75, 3.05) is 0 Å². The van der Waals surface area contributed by atoms with Crippen LogP contribution in [0.2, 0.25) is 0 Å². The SMILES string of the molecule is ClC(Cl)(Cl)C1=NC(=CCc2ccc(-c3ccccc3)o2)NC(C(Cl)(Cl)Cl)=N1. The van der Waals surface area contributed by atoms with Gasteiger partial charge >= 0.3 is 0 Å². The van der Waals surface area contributed by atoms with Crippen molar-refractivity contribution in [1.82, 2.24) is 5.32 Å². The Hall–Kier alpha value is -0.880. The molecule has 4 nitrogen and oxygen atoms in total. The van der Waals surface area contributed by atoms with Gasteiger partial charge in [0.15, 0.2) is 11.7 Å². The molecule has 2 heterocycles. The molecular weight excluding hydrogens is 475 g/mol. The fourth-order valence-electron chi connectivity index (χ4n) is 2.22. The molecule has 0 saturated heterocycles. The molecule has 1 N–H and O–H groups in total. The Morgan fingerprint density at radius 2 is 1.59 bits per heavy atom. The Balaban J connectivity index is 1.82. The lowest BCUT2D eigenvalue weighted by molar-refractivity contribution is 0.536. The molecule has 0 spiro atoms. The number of allylic oxidation sites excluding steroid dienone is 1. The molecular formula is C17H11Cl6N3O. The highest BCUT2D eigenvalue weighted by molar-refractivity contribution is 6.79. The molecule has 1 aliphatic rings. The highest BCUT2D eigenvalue weighted by atomic mass is 35.6. The second kappa shape index (κ2) is 8.24. The highest BCUT2D eigenvalue weighted by Gasteiger charge is 2.36. The van der Waals surface area contributed by atoms with E-state index in [-0.39, 0.29) is 11.7 Å². The number of nitrogens with zero attached hydrogens (tertiary/aromatic N) is 2. The van der Waals surface area contributed by atoms with Gasteiger partial charge in [0.2, 0.25) is 7.59 Å². The van der Waals surface area contributed by atoms with Gasteiger partial charge < -0.3 is 9.73 Å². The Labute approximate surface area is 185 Å². The Morgan fingerprint density at radius 1 is 0.889 bits per heavy atom. The van der Waals surface area contributed by atoms with Crippen LogP contribution in [0.25, 0.3) is 11.3 Å². The third kappa shape index (κ3) is 5.57. The summed E-state index contributed by atoms with van der Waals surface area (Å²) < 4.78 is 2.14. The first-order chi connectivity index (χ1) is 12.6. The predicted molar refractivity (Wildman–Crippen MR) is 115 cm³/mol. The van der Waals surface area contributed by atoms with E-state index in [4.69, 9.17) is 74.0 Å². The number of aliphatic imine (C=N–C) groups is 2. The van der Waals surface area contributed by atoms with Gasteiger partial charge in [0.25, 0.3) is 0 Å². The van der Waals surface area contributed by atoms with E-state index in [1.54, 1.807) is 6.08 Å². The summed E-state index contributed by atoms with van der Waals surface area (Å²) in [5.41, 5.74) is 0.981. The molecule has 3 rings (SSSR count). The van der Waals surface area contributed by atoms with Crippen molar-refractivity contribution in [3.8, 4) is 11.3 Å². The minimum atomic E-state index is -1.87. The Bertz CT molecular complexity index is 907. The van der Waals surface area contributed by atoms with Crippen LogP contribution >= 0.6 is 69.6 Å². The lowest BCUT2D eigenvalue weighted by Crippen LogP contribution is -2.39. The minimum Gasteiger partial charge on any atom is -0.461 e. The second-order valence-corrected chi connectivity index (χ2v) is 10.0. The van der Waals surface area contributed by atoms with Gasteiger partial charge in [-0.15, -0.1) is 0 Å². The van der Waals surface area contributed by atoms with E-state index in [2.05, 4.69) is 15.3 Å². The lowest BCUT2D eigenvalue weighted by atomic mass is 10.2. The van der Waals surface area contributed by atoms with E-state index in [0.29, 0.717) is 18.0 Å². The summed E-state index contributed by atoms with van der Waals surface area (Å²) in [5.74, 6) is 1.68. The molecule has 0 aliphatic carbocycles. The maximum Gasteiger partial charge on any atom is 0.250 e. The Kier molecular flexibility index (Phi) is 6.36. The molecule has 0 atom stereocenters. The monoisotopic (exact) mass is 483 g/mol. The standard InChI is InChI=1S/C17H11Cl6N3O/c18-16(19,20)14-24-13(25-15(26-14)17(21,22)23)9-7-11-6-8-12(27-11)10-4-2-1-3-5-10/h1-6,8-9H,7H2,(H,24,25,26). The van der Waals surface area contributed by atoms with E-state index in [1.165, 1.54) is 0 Å². The first kappa shape index (κ1) is 20.8. The third-order valence-corrected chi connectivity index (χ3v) is 4.47. The highest BCUT2D eigenvalue weighted by Crippen LogP contribution is 2.34. The molecule has 1 aromatic heterocycles. The number of alkyl halides is 6. The first-order valence-electron chi connectivity index (χ1n) is 7.56. The summed E-state index contributed by atoms with van der Waals surface area (Å²) in [6.07, 6.45) is 2.13. The number of nitrogens with one attached hydrogen (secondary N) is 1. The van der Waals surface area contributed by atoms with Gasteiger partial charge in [-0.05, 0) is 18.2 Å². The zero-order chi connectivity index (χ0) is 19.7. The van der Waals surface area contributed by atoms with Crippen LogP contribution in [0.4, 0.5) is 0 Å². The van der Waals surface area contributed by atoms with Crippen LogP contribution in [0.15, 0.2) is 68.8 Å². The number of rotatable bonds is 3. The molecule has 0 radical (unpaired) electrons. The molecule has 0 unspecified atom stereocenters. The first-order valence-corrected chi connectivity index (χ1v) is 9.83. The van der Waals surface area contributed by atoms with Crippen molar-refractivity contribution >= 4 is 81.3 Å². The topological polar surface area (TPSA) is 49.9 Å². The lowest BCUT2D eigenvalue weighted by Gasteiger charge is -2.23. The van der Waals surface area contributed by atoms with E-state index < -0.39 is 7.59 Å². The second-order valence-electron chi connectivity index (χ2n) is 5.44. The van der Waals surface area contributed by atoms with E-state index >= 15 is 0 Å². The van der Waals surface area contributed by atoms with Crippen molar-refractivity contribution in [2.45, 2.75) is 14.0 Å². The molecule has 1 aromatic carbocycles. The summed E-state index contributed by atoms with van der Waals surface area (Å²) in [7, 11) is 0. The number of amidine groups is 2. The van der Waals surface area contributed by atoms with Crippen LogP contribution in [-0.4, -0.2) is 19.3 Å². The van der Waals surface area contributed by atoms with Gasteiger partial charge in [0, 0.05) is 12.0 Å². The van der Waals surface area contributed by atoms with Crippen LogP contribution in [0, 0.1) is 0 Å². The largest absolute Gasteiger partial charge is 0.461 e. The number of hydrogen-bond acceptors (Lipinski definition) is 4. The number of furan rings is 1. The van der Waals surface area contributed by atoms with Crippen molar-refractivity contribution in [3.05, 3.63) is 60.1 Å². The minimum absolute atomic E-state index is 0.0144. The average Bonchev–Trinajstić information content (AvgIpc) is 3.08. The molecule has 0 amide bonds. The maximum atomic E-state index is 5.89. The van der Waals surface area contributed by atoms with Crippen molar-refractivity contribution in [3.63, 3.8) is 0 Å². The van der Waals surface area contributed by atoms with Gasteiger partial charge in [-0.3, -0.25) is 0 Å². The normalized spacial score (nSPS) is 16.7. The third-order valence-electron chi connectivity index (χ3n) is 3.43. The van der Waals surface area contributed by atoms with Crippen LogP contribution in [-0.2, 0) is 6.42 Å². The fraction of sp³-hybridized carbons (Fsp3) is 0.176. The summed E-state index contributed by atoms with van der Waals surface area (Å²) in [4.78, 5) is 8.14. The average molecular weight is 486 g/mol. The molecule has 10 heteroatoms. The van der Waals surface area contributed by atoms with Gasteiger partial charge in [-0.25, -0.2) is 9.98 Å². The van der Waals surface area contributed by atoms with E-state index in [9.17, 15) is 0 Å². The van der Waals surface area contributed by atoms with Crippen LogP contribution < -0.4 is 5.32 Å². The molecule has 27 heavy (non-hydrogen) atoms. The summed E-state index contributed by atoms with van der Waals surface area (Å²) in [5, 5.41) is 2.81. The van der Waals surface area contributed by atoms with Crippen LogP contribution in [0.5, 0.6) is 0 Å². The molecule has 0 fully saturated rings. The van der Waals surface area contributed by atoms with Crippen molar-refractivity contribution in [2.24, 2.45) is 9.98 Å². The maximum absolute atomic E-state index is 5.89. The summed E-state index contributed by atoms with van der Waals surface area (Å²) >= 11 is 35.3.